The van der Waals surface area contributed by atoms with Crippen LogP contribution in [-0.4, -0.2) is 54.3 Å². The molecule has 2 aromatic carbocycles. The van der Waals surface area contributed by atoms with E-state index >= 15 is 0 Å². The first-order valence-electron chi connectivity index (χ1n) is 10.1. The first kappa shape index (κ1) is 21.3. The molecule has 1 fully saturated rings. The van der Waals surface area contributed by atoms with Gasteiger partial charge in [-0.3, -0.25) is 4.79 Å². The predicted octanol–water partition coefficient (Wildman–Crippen LogP) is 3.08. The summed E-state index contributed by atoms with van der Waals surface area (Å²) in [4.78, 5) is 14.4. The van der Waals surface area contributed by atoms with E-state index in [1.54, 1.807) is 0 Å². The van der Waals surface area contributed by atoms with Gasteiger partial charge in [-0.2, -0.15) is 0 Å². The number of aryl methyl sites for hydroxylation is 2. The molecule has 1 heterocycles. The molecule has 29 heavy (non-hydrogen) atoms. The summed E-state index contributed by atoms with van der Waals surface area (Å²) in [5, 5.41) is 13.3. The van der Waals surface area contributed by atoms with Crippen molar-refractivity contribution in [1.29, 1.82) is 0 Å². The molecule has 0 bridgehead atoms. The third-order valence-corrected chi connectivity index (χ3v) is 5.14. The maximum Gasteiger partial charge on any atom is 0.251 e. The number of carbonyl (C=O) groups excluding carboxylic acids is 1. The van der Waals surface area contributed by atoms with E-state index in [4.69, 9.17) is 4.74 Å². The Labute approximate surface area is 171 Å². The number of nitrogens with zero attached hydrogens (tertiary/aromatic N) is 1. The normalized spacial score (nSPS) is 16.4. The summed E-state index contributed by atoms with van der Waals surface area (Å²) in [6.07, 6.45) is 1.07. The number of hydrogen-bond acceptors (Lipinski definition) is 4. The molecule has 0 radical (unpaired) electrons. The number of ether oxygens (including phenoxy) is 1. The van der Waals surface area contributed by atoms with Crippen LogP contribution in [0.1, 0.15) is 34.3 Å². The van der Waals surface area contributed by atoms with Gasteiger partial charge >= 0.3 is 0 Å². The van der Waals surface area contributed by atoms with Crippen molar-refractivity contribution in [2.75, 3.05) is 26.2 Å². The fraction of sp³-hybridized carbons (Fsp3) is 0.435. The van der Waals surface area contributed by atoms with Gasteiger partial charge in [-0.1, -0.05) is 6.07 Å². The molecule has 1 aliphatic rings. The van der Waals surface area contributed by atoms with E-state index in [0.717, 1.165) is 42.8 Å². The zero-order valence-electron chi connectivity index (χ0n) is 17.0. The van der Waals surface area contributed by atoms with Crippen LogP contribution in [0.25, 0.3) is 0 Å². The molecule has 156 valence electrons. The zero-order valence-corrected chi connectivity index (χ0v) is 17.0. The zero-order chi connectivity index (χ0) is 20.8. The number of benzene rings is 2. The number of piperidine rings is 1. The molecular formula is C23H29FN2O3. The number of amides is 1. The van der Waals surface area contributed by atoms with Gasteiger partial charge in [0, 0.05) is 31.2 Å². The molecule has 3 rings (SSSR count). The fourth-order valence-electron chi connectivity index (χ4n) is 3.69. The average Bonchev–Trinajstić information content (AvgIpc) is 2.68. The summed E-state index contributed by atoms with van der Waals surface area (Å²) in [5.74, 6) is 0.254. The standard InChI is InChI=1S/C23H29FN2O3/c1-16-11-17(2)13-22(12-16)29-15-21(27)14-26-9-7-20(8-10-26)25-23(28)18-3-5-19(24)6-4-18/h3-6,11-13,20-21,27H,7-10,14-15H2,1-2H3,(H,25,28). The molecule has 1 aliphatic heterocycles. The maximum atomic E-state index is 13.0. The average molecular weight is 400 g/mol. The van der Waals surface area contributed by atoms with Crippen LogP contribution in [0.15, 0.2) is 42.5 Å². The van der Waals surface area contributed by atoms with E-state index in [0.29, 0.717) is 12.1 Å². The number of carbonyl (C=O) groups is 1. The molecule has 2 aromatic rings. The highest BCUT2D eigenvalue weighted by Crippen LogP contribution is 2.17. The van der Waals surface area contributed by atoms with E-state index < -0.39 is 6.10 Å². The fourth-order valence-corrected chi connectivity index (χ4v) is 3.69. The summed E-state index contributed by atoms with van der Waals surface area (Å²) < 4.78 is 18.7. The number of aliphatic hydroxyl groups is 1. The topological polar surface area (TPSA) is 61.8 Å². The smallest absolute Gasteiger partial charge is 0.251 e. The lowest BCUT2D eigenvalue weighted by Gasteiger charge is -2.33. The van der Waals surface area contributed by atoms with Gasteiger partial charge in [0.05, 0.1) is 0 Å². The number of nitrogens with one attached hydrogen (secondary N) is 1. The van der Waals surface area contributed by atoms with Crippen LogP contribution in [-0.2, 0) is 0 Å². The van der Waals surface area contributed by atoms with Gasteiger partial charge in [0.15, 0.2) is 0 Å². The van der Waals surface area contributed by atoms with Crippen molar-refractivity contribution in [1.82, 2.24) is 10.2 Å². The Morgan fingerprint density at radius 1 is 1.17 bits per heavy atom. The van der Waals surface area contributed by atoms with Crippen LogP contribution in [0, 0.1) is 19.7 Å². The summed E-state index contributed by atoms with van der Waals surface area (Å²) in [7, 11) is 0. The van der Waals surface area contributed by atoms with Crippen LogP contribution in [0.2, 0.25) is 0 Å². The van der Waals surface area contributed by atoms with Gasteiger partial charge in [-0.15, -0.1) is 0 Å². The number of rotatable bonds is 7. The minimum atomic E-state index is -0.568. The second-order valence-corrected chi connectivity index (χ2v) is 7.84. The van der Waals surface area contributed by atoms with E-state index in [1.807, 2.05) is 26.0 Å². The highest BCUT2D eigenvalue weighted by Gasteiger charge is 2.23. The molecule has 1 atom stereocenters. The summed E-state index contributed by atoms with van der Waals surface area (Å²) in [6.45, 7) is 6.45. The molecule has 2 N–H and O–H groups in total. The van der Waals surface area contributed by atoms with Crippen LogP contribution in [0.3, 0.4) is 0 Å². The Balaban J connectivity index is 1.38. The number of aliphatic hydroxyl groups excluding tert-OH is 1. The molecule has 0 aromatic heterocycles. The third-order valence-electron chi connectivity index (χ3n) is 5.14. The minimum absolute atomic E-state index is 0.0902. The molecule has 0 aliphatic carbocycles. The molecule has 6 heteroatoms. The van der Waals surface area contributed by atoms with Gasteiger partial charge in [-0.05, 0) is 74.2 Å². The maximum absolute atomic E-state index is 13.0. The lowest BCUT2D eigenvalue weighted by atomic mass is 10.0. The molecule has 1 unspecified atom stereocenters. The molecule has 1 saturated heterocycles. The van der Waals surface area contributed by atoms with Gasteiger partial charge in [0.1, 0.15) is 24.3 Å². The first-order chi connectivity index (χ1) is 13.9. The summed E-state index contributed by atoms with van der Waals surface area (Å²) in [6, 6.07) is 11.7. The van der Waals surface area contributed by atoms with Crippen molar-refractivity contribution in [2.24, 2.45) is 0 Å². The van der Waals surface area contributed by atoms with Crippen LogP contribution in [0.4, 0.5) is 4.39 Å². The van der Waals surface area contributed by atoms with Crippen molar-refractivity contribution in [3.05, 3.63) is 65.0 Å². The van der Waals surface area contributed by atoms with Crippen LogP contribution in [0.5, 0.6) is 5.75 Å². The molecular weight excluding hydrogens is 371 g/mol. The van der Waals surface area contributed by atoms with Crippen LogP contribution >= 0.6 is 0 Å². The van der Waals surface area contributed by atoms with E-state index in [1.165, 1.54) is 24.3 Å². The number of likely N-dealkylation sites (tertiary alicyclic amines) is 1. The largest absolute Gasteiger partial charge is 0.491 e. The molecule has 5 nitrogen and oxygen atoms in total. The van der Waals surface area contributed by atoms with Crippen molar-refractivity contribution in [2.45, 2.75) is 38.8 Å². The Kier molecular flexibility index (Phi) is 7.23. The van der Waals surface area contributed by atoms with E-state index in [-0.39, 0.29) is 24.4 Å². The molecule has 0 spiro atoms. The Hall–Kier alpha value is -2.44. The van der Waals surface area contributed by atoms with E-state index in [2.05, 4.69) is 16.3 Å². The number of β-amino-alcohol motifs (C(OH)–C–C–N with tert-alkyl or cyclic N) is 1. The highest BCUT2D eigenvalue weighted by molar-refractivity contribution is 5.94. The number of hydrogen-bond donors (Lipinski definition) is 2. The van der Waals surface area contributed by atoms with Crippen molar-refractivity contribution < 1.29 is 19.0 Å². The second kappa shape index (κ2) is 9.85. The van der Waals surface area contributed by atoms with Gasteiger partial charge in [-0.25, -0.2) is 4.39 Å². The molecule has 0 saturated carbocycles. The summed E-state index contributed by atoms with van der Waals surface area (Å²) >= 11 is 0. The third kappa shape index (κ3) is 6.54. The molecule has 1 amide bonds. The van der Waals surface area contributed by atoms with Crippen LogP contribution < -0.4 is 10.1 Å². The second-order valence-electron chi connectivity index (χ2n) is 7.84. The van der Waals surface area contributed by atoms with Crippen molar-refractivity contribution in [3.63, 3.8) is 0 Å². The van der Waals surface area contributed by atoms with Gasteiger partial charge < -0.3 is 20.1 Å². The van der Waals surface area contributed by atoms with E-state index in [9.17, 15) is 14.3 Å². The quantitative estimate of drug-likeness (QED) is 0.750. The van der Waals surface area contributed by atoms with Gasteiger partial charge in [0.2, 0.25) is 0 Å². The Morgan fingerprint density at radius 2 is 1.79 bits per heavy atom. The Morgan fingerprint density at radius 3 is 2.41 bits per heavy atom. The van der Waals surface area contributed by atoms with Gasteiger partial charge in [0.25, 0.3) is 5.91 Å². The first-order valence-corrected chi connectivity index (χ1v) is 10.1. The lowest BCUT2D eigenvalue weighted by Crippen LogP contribution is -2.47. The lowest BCUT2D eigenvalue weighted by molar-refractivity contribution is 0.0567. The minimum Gasteiger partial charge on any atom is -0.491 e. The highest BCUT2D eigenvalue weighted by atomic mass is 19.1. The monoisotopic (exact) mass is 400 g/mol. The van der Waals surface area contributed by atoms with Crippen molar-refractivity contribution >= 4 is 5.91 Å². The SMILES string of the molecule is Cc1cc(C)cc(OCC(O)CN2CCC(NC(=O)c3ccc(F)cc3)CC2)c1. The predicted molar refractivity (Wildman–Crippen MR) is 111 cm³/mol. The summed E-state index contributed by atoms with van der Waals surface area (Å²) in [5.41, 5.74) is 2.74. The number of halogens is 1. The Bertz CT molecular complexity index is 797. The van der Waals surface area contributed by atoms with Crippen molar-refractivity contribution in [3.8, 4) is 5.75 Å².